The van der Waals surface area contributed by atoms with Crippen LogP contribution in [0.3, 0.4) is 0 Å². The van der Waals surface area contributed by atoms with E-state index in [1.165, 1.54) is 23.9 Å². The highest BCUT2D eigenvalue weighted by molar-refractivity contribution is 7.94. The van der Waals surface area contributed by atoms with E-state index in [0.29, 0.717) is 41.6 Å². The van der Waals surface area contributed by atoms with E-state index in [4.69, 9.17) is 16.3 Å². The predicted octanol–water partition coefficient (Wildman–Crippen LogP) is 2.40. The molecule has 0 saturated heterocycles. The summed E-state index contributed by atoms with van der Waals surface area (Å²) in [6.07, 6.45) is 3.95. The fourth-order valence-corrected chi connectivity index (χ4v) is 6.66. The average molecular weight is 503 g/mol. The van der Waals surface area contributed by atoms with Crippen molar-refractivity contribution in [3.8, 4) is 5.88 Å². The third-order valence-electron chi connectivity index (χ3n) is 6.42. The first-order valence-electron chi connectivity index (χ1n) is 11.0. The Bertz CT molecular complexity index is 1460. The molecule has 34 heavy (non-hydrogen) atoms. The van der Waals surface area contributed by atoms with Gasteiger partial charge in [-0.05, 0) is 49.4 Å². The van der Waals surface area contributed by atoms with Gasteiger partial charge in [-0.25, -0.2) is 8.42 Å². The lowest BCUT2D eigenvalue weighted by Crippen LogP contribution is -2.34. The van der Waals surface area contributed by atoms with E-state index in [2.05, 4.69) is 15.5 Å². The van der Waals surface area contributed by atoms with Crippen molar-refractivity contribution in [2.24, 2.45) is 7.05 Å². The predicted molar refractivity (Wildman–Crippen MR) is 127 cm³/mol. The Hall–Kier alpha value is -2.98. The number of nitrogens with zero attached hydrogens (tertiary/aromatic N) is 3. The van der Waals surface area contributed by atoms with Crippen LogP contribution in [0.4, 0.5) is 0 Å². The van der Waals surface area contributed by atoms with Gasteiger partial charge in [0, 0.05) is 24.0 Å². The Morgan fingerprint density at radius 1 is 1.29 bits per heavy atom. The first-order chi connectivity index (χ1) is 16.2. The molecule has 2 aromatic heterocycles. The minimum absolute atomic E-state index is 0.0321. The molecule has 2 aliphatic rings. The maximum absolute atomic E-state index is 13.0. The molecule has 11 heteroatoms. The van der Waals surface area contributed by atoms with Crippen molar-refractivity contribution in [1.29, 1.82) is 0 Å². The second kappa shape index (κ2) is 8.35. The first kappa shape index (κ1) is 22.8. The van der Waals surface area contributed by atoms with Crippen molar-refractivity contribution in [1.82, 2.24) is 20.1 Å². The largest absolute Gasteiger partial charge is 0.473 e. The number of aromatic nitrogens is 3. The molecule has 9 nitrogen and oxygen atoms in total. The number of fused-ring (bicyclic) bond motifs is 1. The lowest BCUT2D eigenvalue weighted by atomic mass is 10.1. The van der Waals surface area contributed by atoms with Crippen LogP contribution in [0.2, 0.25) is 5.02 Å². The fourth-order valence-electron chi connectivity index (χ4n) is 4.08. The minimum Gasteiger partial charge on any atom is -0.473 e. The molecule has 1 N–H and O–H groups in total. The molecule has 1 amide bonds. The first-order valence-corrected chi connectivity index (χ1v) is 12.9. The second-order valence-corrected chi connectivity index (χ2v) is 12.0. The zero-order valence-electron chi connectivity index (χ0n) is 18.5. The molecule has 0 unspecified atom stereocenters. The molecular formula is C23H23ClN4O5S. The van der Waals surface area contributed by atoms with Crippen LogP contribution in [0.25, 0.3) is 10.9 Å². The van der Waals surface area contributed by atoms with Gasteiger partial charge < -0.3 is 14.6 Å². The number of carbonyl (C=O) groups is 1. The van der Waals surface area contributed by atoms with Gasteiger partial charge in [0.2, 0.25) is 0 Å². The Balaban J connectivity index is 1.39. The molecule has 2 aliphatic carbocycles. The van der Waals surface area contributed by atoms with Gasteiger partial charge in [-0.15, -0.1) is 5.10 Å². The van der Waals surface area contributed by atoms with E-state index in [0.717, 1.165) is 5.56 Å². The maximum Gasteiger partial charge on any atom is 0.263 e. The number of aryl methyl sites for hydroxylation is 1. The number of hydrogen-bond donors (Lipinski definition) is 1. The highest BCUT2D eigenvalue weighted by Crippen LogP contribution is 2.50. The smallest absolute Gasteiger partial charge is 0.263 e. The Kier molecular flexibility index (Phi) is 5.60. The van der Waals surface area contributed by atoms with Crippen molar-refractivity contribution in [2.75, 3.05) is 6.61 Å². The van der Waals surface area contributed by atoms with Crippen molar-refractivity contribution in [2.45, 2.75) is 42.2 Å². The van der Waals surface area contributed by atoms with Crippen LogP contribution in [0.1, 0.15) is 41.6 Å². The number of sulfone groups is 1. The summed E-state index contributed by atoms with van der Waals surface area (Å²) in [6, 6.07) is 8.51. The maximum atomic E-state index is 13.0. The zero-order chi connectivity index (χ0) is 24.1. The summed E-state index contributed by atoms with van der Waals surface area (Å²) in [5.74, 6) is -0.463. The minimum atomic E-state index is -3.25. The Labute approximate surface area is 201 Å². The van der Waals surface area contributed by atoms with Gasteiger partial charge in [-0.1, -0.05) is 23.7 Å². The molecule has 0 bridgehead atoms. The van der Waals surface area contributed by atoms with Crippen LogP contribution in [-0.4, -0.2) is 45.7 Å². The van der Waals surface area contributed by atoms with Gasteiger partial charge in [0.1, 0.15) is 22.4 Å². The van der Waals surface area contributed by atoms with Crippen molar-refractivity contribution in [3.05, 3.63) is 63.0 Å². The molecule has 0 atom stereocenters. The second-order valence-electron chi connectivity index (χ2n) is 8.90. The molecule has 2 saturated carbocycles. The van der Waals surface area contributed by atoms with Gasteiger partial charge >= 0.3 is 0 Å². The van der Waals surface area contributed by atoms with E-state index in [9.17, 15) is 18.0 Å². The quantitative estimate of drug-likeness (QED) is 0.502. The average Bonchev–Trinajstić information content (AvgIpc) is 3.72. The van der Waals surface area contributed by atoms with Crippen LogP contribution in [0.15, 0.2) is 41.3 Å². The molecule has 3 aromatic rings. The van der Waals surface area contributed by atoms with E-state index in [-0.39, 0.29) is 29.8 Å². The monoisotopic (exact) mass is 502 g/mol. The van der Waals surface area contributed by atoms with Crippen LogP contribution in [0, 0.1) is 0 Å². The number of rotatable bonds is 8. The van der Waals surface area contributed by atoms with Crippen molar-refractivity contribution >= 4 is 38.2 Å². The Morgan fingerprint density at radius 2 is 2.06 bits per heavy atom. The third-order valence-corrected chi connectivity index (χ3v) is 9.74. The number of halogens is 1. The molecule has 178 valence electrons. The van der Waals surface area contributed by atoms with Gasteiger partial charge in [0.05, 0.1) is 11.4 Å². The van der Waals surface area contributed by atoms with Crippen LogP contribution in [-0.2, 0) is 23.4 Å². The van der Waals surface area contributed by atoms with E-state index in [1.807, 2.05) is 6.07 Å². The normalized spacial score (nSPS) is 16.9. The van der Waals surface area contributed by atoms with Crippen LogP contribution >= 0.6 is 11.6 Å². The molecule has 1 aromatic carbocycles. The summed E-state index contributed by atoms with van der Waals surface area (Å²) in [5, 5.41) is 11.4. The Morgan fingerprint density at radius 3 is 2.74 bits per heavy atom. The number of pyridine rings is 1. The van der Waals surface area contributed by atoms with Crippen molar-refractivity contribution < 1.29 is 17.9 Å². The summed E-state index contributed by atoms with van der Waals surface area (Å²) in [5.41, 5.74) is 0.577. The van der Waals surface area contributed by atoms with Crippen LogP contribution < -0.4 is 15.6 Å². The third kappa shape index (κ3) is 4.05. The lowest BCUT2D eigenvalue weighted by Gasteiger charge is -2.17. The van der Waals surface area contributed by atoms with Crippen molar-refractivity contribution in [3.63, 3.8) is 0 Å². The zero-order valence-corrected chi connectivity index (χ0v) is 20.0. The van der Waals surface area contributed by atoms with Gasteiger partial charge in [-0.2, -0.15) is 5.10 Å². The lowest BCUT2D eigenvalue weighted by molar-refractivity contribution is 0.0949. The van der Waals surface area contributed by atoms with Gasteiger partial charge in [0.15, 0.2) is 9.84 Å². The topological polar surface area (TPSA) is 120 Å². The summed E-state index contributed by atoms with van der Waals surface area (Å²) in [6.45, 7) is 0.177. The number of amides is 1. The summed E-state index contributed by atoms with van der Waals surface area (Å²) in [7, 11) is -1.73. The summed E-state index contributed by atoms with van der Waals surface area (Å²) in [4.78, 5) is 25.8. The van der Waals surface area contributed by atoms with E-state index >= 15 is 0 Å². The van der Waals surface area contributed by atoms with E-state index < -0.39 is 26.1 Å². The summed E-state index contributed by atoms with van der Waals surface area (Å²) < 4.78 is 31.8. The van der Waals surface area contributed by atoms with Crippen LogP contribution in [0.5, 0.6) is 5.88 Å². The van der Waals surface area contributed by atoms with Gasteiger partial charge in [0.25, 0.3) is 17.3 Å². The highest BCUT2D eigenvalue weighted by Gasteiger charge is 2.60. The standard InChI is InChI=1S/C23H23ClN4O5S/c1-28-19-15(10-18(22(28)30)20(29)25-11-14-3-2-4-16(24)9-14)12-26-27-21(19)33-13-23(7-8-23)34(31,32)17-5-6-17/h2-4,9-10,12,17H,5-8,11,13H2,1H3,(H,25,29). The number of benzene rings is 1. The number of nitrogens with one attached hydrogen (secondary N) is 1. The number of ether oxygens (including phenoxy) is 1. The molecular weight excluding hydrogens is 480 g/mol. The SMILES string of the molecule is Cn1c(=O)c(C(=O)NCc2cccc(Cl)c2)cc2cnnc(OCC3(S(=O)(=O)C4CC4)CC3)c21. The van der Waals surface area contributed by atoms with Gasteiger partial charge in [-0.3, -0.25) is 9.59 Å². The van der Waals surface area contributed by atoms with E-state index in [1.54, 1.807) is 18.2 Å². The number of carbonyl (C=O) groups excluding carboxylic acids is 1. The highest BCUT2D eigenvalue weighted by atomic mass is 35.5. The summed E-state index contributed by atoms with van der Waals surface area (Å²) >= 11 is 5.98. The molecule has 5 rings (SSSR count). The molecule has 2 fully saturated rings. The fraction of sp³-hybridized carbons (Fsp3) is 0.391. The molecule has 2 heterocycles. The number of hydrogen-bond acceptors (Lipinski definition) is 7. The molecule has 0 spiro atoms. The molecule has 0 radical (unpaired) electrons. The molecule has 0 aliphatic heterocycles.